The lowest BCUT2D eigenvalue weighted by atomic mass is 10.0. The number of carbonyl (C=O) groups is 2. The van der Waals surface area contributed by atoms with Crippen LogP contribution >= 0.6 is 0 Å². The molecule has 0 fully saturated rings. The van der Waals surface area contributed by atoms with E-state index < -0.39 is 23.7 Å². The van der Waals surface area contributed by atoms with Gasteiger partial charge in [-0.25, -0.2) is 9.36 Å². The van der Waals surface area contributed by atoms with E-state index in [1.807, 2.05) is 52.8 Å². The number of hydrogen-bond donors (Lipinski definition) is 1. The van der Waals surface area contributed by atoms with E-state index >= 15 is 0 Å². The second kappa shape index (κ2) is 10.0. The van der Waals surface area contributed by atoms with Crippen LogP contribution in [0.1, 0.15) is 52.8 Å². The van der Waals surface area contributed by atoms with Crippen LogP contribution < -0.4 is 10.5 Å². The Balaban J connectivity index is 2.74. The second-order valence-corrected chi connectivity index (χ2v) is 8.67. The zero-order valence-corrected chi connectivity index (χ0v) is 19.6. The van der Waals surface area contributed by atoms with Crippen LogP contribution in [0.25, 0.3) is 10.9 Å². The highest BCUT2D eigenvalue weighted by Crippen LogP contribution is 2.32. The first-order chi connectivity index (χ1) is 14.5. The highest BCUT2D eigenvalue weighted by Gasteiger charge is 2.27. The summed E-state index contributed by atoms with van der Waals surface area (Å²) < 4.78 is 17.7. The van der Waals surface area contributed by atoms with Gasteiger partial charge in [-0.1, -0.05) is 11.6 Å². The Bertz CT molecular complexity index is 978. The number of allylic oxidation sites excluding steroid dienone is 2. The molecule has 0 aliphatic rings. The number of fused-ring (bicyclic) bond motifs is 1. The minimum absolute atomic E-state index is 0.239. The number of nitrogens with two attached hydrogens (primary N) is 1. The van der Waals surface area contributed by atoms with Crippen LogP contribution in [0.4, 0.5) is 4.79 Å². The van der Waals surface area contributed by atoms with Gasteiger partial charge in [-0.2, -0.15) is 0 Å². The first kappa shape index (κ1) is 24.5. The molecule has 2 aromatic rings. The first-order valence-corrected chi connectivity index (χ1v) is 10.5. The number of benzene rings is 1. The molecular weight excluding hydrogens is 396 g/mol. The number of carbonyl (C=O) groups excluding carboxylic acids is 2. The van der Waals surface area contributed by atoms with Gasteiger partial charge < -0.3 is 19.9 Å². The summed E-state index contributed by atoms with van der Waals surface area (Å²) >= 11 is 0. The Morgan fingerprint density at radius 3 is 2.45 bits per heavy atom. The molecule has 7 nitrogen and oxygen atoms in total. The van der Waals surface area contributed by atoms with Gasteiger partial charge in [-0.3, -0.25) is 4.79 Å². The second-order valence-electron chi connectivity index (χ2n) is 8.67. The van der Waals surface area contributed by atoms with Crippen LogP contribution in [-0.4, -0.2) is 42.0 Å². The SMILES string of the molecule is CCOC(=O)[C@@H](N)Cc1c(CC=C(C)C)n(C(=O)OC(C)(C)C)c2cc(OC)ccc12. The Morgan fingerprint density at radius 2 is 1.90 bits per heavy atom. The maximum atomic E-state index is 13.2. The van der Waals surface area contributed by atoms with Gasteiger partial charge in [0.25, 0.3) is 0 Å². The summed E-state index contributed by atoms with van der Waals surface area (Å²) in [6.07, 6.45) is 2.28. The van der Waals surface area contributed by atoms with Crippen molar-refractivity contribution in [1.82, 2.24) is 4.57 Å². The van der Waals surface area contributed by atoms with Gasteiger partial charge in [-0.15, -0.1) is 0 Å². The lowest BCUT2D eigenvalue weighted by Crippen LogP contribution is -2.34. The molecule has 31 heavy (non-hydrogen) atoms. The summed E-state index contributed by atoms with van der Waals surface area (Å²) in [6, 6.07) is 4.66. The lowest BCUT2D eigenvalue weighted by molar-refractivity contribution is -0.144. The van der Waals surface area contributed by atoms with Crippen LogP contribution in [-0.2, 0) is 27.1 Å². The molecule has 0 bridgehead atoms. The van der Waals surface area contributed by atoms with Crippen LogP contribution in [0.5, 0.6) is 5.75 Å². The van der Waals surface area contributed by atoms with Crippen molar-refractivity contribution < 1.29 is 23.8 Å². The average molecular weight is 431 g/mol. The van der Waals surface area contributed by atoms with Gasteiger partial charge in [0.15, 0.2) is 0 Å². The highest BCUT2D eigenvalue weighted by atomic mass is 16.6. The molecule has 170 valence electrons. The largest absolute Gasteiger partial charge is 0.497 e. The van der Waals surface area contributed by atoms with Gasteiger partial charge in [0.05, 0.1) is 19.2 Å². The summed E-state index contributed by atoms with van der Waals surface area (Å²) in [7, 11) is 1.57. The molecule has 2 rings (SSSR count). The van der Waals surface area contributed by atoms with Crippen molar-refractivity contribution in [2.24, 2.45) is 5.73 Å². The Labute approximate surface area is 184 Å². The van der Waals surface area contributed by atoms with E-state index in [0.29, 0.717) is 17.7 Å². The third kappa shape index (κ3) is 6.10. The number of esters is 1. The van der Waals surface area contributed by atoms with Crippen LogP contribution in [0, 0.1) is 0 Å². The van der Waals surface area contributed by atoms with Crippen molar-refractivity contribution in [2.75, 3.05) is 13.7 Å². The summed E-state index contributed by atoms with van der Waals surface area (Å²) in [5, 5.41) is 0.823. The van der Waals surface area contributed by atoms with Crippen molar-refractivity contribution in [1.29, 1.82) is 0 Å². The fourth-order valence-electron chi connectivity index (χ4n) is 3.33. The van der Waals surface area contributed by atoms with Gasteiger partial charge in [-0.05, 0) is 59.2 Å². The van der Waals surface area contributed by atoms with E-state index in [-0.39, 0.29) is 13.0 Å². The fourth-order valence-corrected chi connectivity index (χ4v) is 3.33. The van der Waals surface area contributed by atoms with Crippen LogP contribution in [0.2, 0.25) is 0 Å². The number of ether oxygens (including phenoxy) is 3. The van der Waals surface area contributed by atoms with E-state index in [0.717, 1.165) is 22.2 Å². The van der Waals surface area contributed by atoms with Gasteiger partial charge >= 0.3 is 12.1 Å². The van der Waals surface area contributed by atoms with Crippen LogP contribution in [0.15, 0.2) is 29.8 Å². The van der Waals surface area contributed by atoms with Crippen molar-refractivity contribution in [3.8, 4) is 5.75 Å². The summed E-state index contributed by atoms with van der Waals surface area (Å²) in [5.41, 5.74) is 8.81. The molecule has 0 aliphatic carbocycles. The minimum atomic E-state index is -0.842. The number of hydrogen-bond acceptors (Lipinski definition) is 6. The van der Waals surface area contributed by atoms with E-state index in [2.05, 4.69) is 0 Å². The molecule has 1 atom stereocenters. The molecule has 0 unspecified atom stereocenters. The van der Waals surface area contributed by atoms with Crippen molar-refractivity contribution in [2.45, 2.75) is 66.0 Å². The molecule has 0 amide bonds. The number of nitrogens with zero attached hydrogens (tertiary/aromatic N) is 1. The predicted molar refractivity (Wildman–Crippen MR) is 122 cm³/mol. The molecule has 0 radical (unpaired) electrons. The molecule has 1 heterocycles. The summed E-state index contributed by atoms with van der Waals surface area (Å²) in [4.78, 5) is 25.4. The van der Waals surface area contributed by atoms with E-state index in [4.69, 9.17) is 19.9 Å². The standard InChI is InChI=1S/C24H34N2O5/c1-8-30-22(27)19(25)14-18-17-11-10-16(29-7)13-21(17)26(20(18)12-9-15(2)3)23(28)31-24(4,5)6/h9-11,13,19H,8,12,14,25H2,1-7H3/t19-/m0/s1. The van der Waals surface area contributed by atoms with Crippen LogP contribution in [0.3, 0.4) is 0 Å². The van der Waals surface area contributed by atoms with Crippen molar-refractivity contribution in [3.05, 3.63) is 41.1 Å². The fraction of sp³-hybridized carbons (Fsp3) is 0.500. The monoisotopic (exact) mass is 430 g/mol. The van der Waals surface area contributed by atoms with Crippen molar-refractivity contribution >= 4 is 23.0 Å². The molecule has 7 heteroatoms. The topological polar surface area (TPSA) is 92.8 Å². The molecule has 0 saturated heterocycles. The number of methoxy groups -OCH3 is 1. The van der Waals surface area contributed by atoms with Crippen molar-refractivity contribution in [3.63, 3.8) is 0 Å². The Kier molecular flexibility index (Phi) is 7.90. The summed E-state index contributed by atoms with van der Waals surface area (Å²) in [6.45, 7) is 11.5. The van der Waals surface area contributed by atoms with Gasteiger partial charge in [0, 0.05) is 30.0 Å². The third-order valence-corrected chi connectivity index (χ3v) is 4.68. The molecule has 1 aromatic carbocycles. The summed E-state index contributed by atoms with van der Waals surface area (Å²) in [5.74, 6) is 0.146. The van der Waals surface area contributed by atoms with E-state index in [1.165, 1.54) is 0 Å². The molecule has 0 saturated carbocycles. The van der Waals surface area contributed by atoms with E-state index in [1.54, 1.807) is 24.7 Å². The molecule has 1 aromatic heterocycles. The number of rotatable bonds is 7. The smallest absolute Gasteiger partial charge is 0.419 e. The average Bonchev–Trinajstić information content (AvgIpc) is 2.97. The lowest BCUT2D eigenvalue weighted by Gasteiger charge is -2.21. The third-order valence-electron chi connectivity index (χ3n) is 4.68. The minimum Gasteiger partial charge on any atom is -0.497 e. The maximum Gasteiger partial charge on any atom is 0.419 e. The highest BCUT2D eigenvalue weighted by molar-refractivity contribution is 5.95. The first-order valence-electron chi connectivity index (χ1n) is 10.5. The predicted octanol–water partition coefficient (Wildman–Crippen LogP) is 4.37. The quantitative estimate of drug-likeness (QED) is 0.518. The normalized spacial score (nSPS) is 12.4. The molecule has 2 N–H and O–H groups in total. The zero-order valence-electron chi connectivity index (χ0n) is 19.6. The Morgan fingerprint density at radius 1 is 1.23 bits per heavy atom. The van der Waals surface area contributed by atoms with Gasteiger partial charge in [0.1, 0.15) is 17.4 Å². The van der Waals surface area contributed by atoms with Gasteiger partial charge in [0.2, 0.25) is 0 Å². The van der Waals surface area contributed by atoms with E-state index in [9.17, 15) is 9.59 Å². The number of aromatic nitrogens is 1. The molecular formula is C24H34N2O5. The molecule has 0 aliphatic heterocycles. The Hall–Kier alpha value is -2.80. The zero-order chi connectivity index (χ0) is 23.3. The maximum absolute atomic E-state index is 13.2. The molecule has 0 spiro atoms.